The molecule has 1 aliphatic carbocycles. The van der Waals surface area contributed by atoms with E-state index in [4.69, 9.17) is 0 Å². The number of carbonyl (C=O) groups is 1. The van der Waals surface area contributed by atoms with Gasteiger partial charge in [0, 0.05) is 6.42 Å². The zero-order valence-electron chi connectivity index (χ0n) is 7.55. The minimum atomic E-state index is 0.677. The lowest BCUT2D eigenvalue weighted by molar-refractivity contribution is -0.109. The minimum Gasteiger partial charge on any atom is -0.303 e. The Balaban J connectivity index is 2.43. The van der Waals surface area contributed by atoms with Gasteiger partial charge in [-0.25, -0.2) is 0 Å². The van der Waals surface area contributed by atoms with Crippen LogP contribution < -0.4 is 0 Å². The van der Waals surface area contributed by atoms with Crippen LogP contribution >= 0.6 is 0 Å². The van der Waals surface area contributed by atoms with E-state index in [1.165, 1.54) is 19.3 Å². The molecule has 11 heavy (non-hydrogen) atoms. The average Bonchev–Trinajstić information content (AvgIpc) is 1.99. The highest BCUT2D eigenvalue weighted by Crippen LogP contribution is 2.35. The molecule has 1 aliphatic rings. The Morgan fingerprint density at radius 1 is 1.36 bits per heavy atom. The van der Waals surface area contributed by atoms with Crippen molar-refractivity contribution in [3.8, 4) is 0 Å². The van der Waals surface area contributed by atoms with Gasteiger partial charge >= 0.3 is 0 Å². The summed E-state index contributed by atoms with van der Waals surface area (Å²) in [5, 5.41) is 0. The molecule has 0 bridgehead atoms. The Labute approximate surface area is 69.2 Å². The van der Waals surface area contributed by atoms with Gasteiger partial charge in [0.05, 0.1) is 0 Å². The zero-order valence-corrected chi connectivity index (χ0v) is 7.55. The van der Waals surface area contributed by atoms with Gasteiger partial charge in [-0.05, 0) is 24.2 Å². The molecular formula is C10H18O. The molecule has 0 radical (unpaired) electrons. The first-order valence-electron chi connectivity index (χ1n) is 4.69. The minimum absolute atomic E-state index is 0.677. The van der Waals surface area contributed by atoms with Crippen molar-refractivity contribution >= 4 is 6.29 Å². The molecule has 1 saturated carbocycles. The van der Waals surface area contributed by atoms with Crippen LogP contribution in [0.25, 0.3) is 0 Å². The molecule has 64 valence electrons. The van der Waals surface area contributed by atoms with E-state index in [0.717, 1.165) is 24.5 Å². The van der Waals surface area contributed by atoms with Crippen LogP contribution in [0.2, 0.25) is 0 Å². The van der Waals surface area contributed by atoms with Crippen molar-refractivity contribution in [2.24, 2.45) is 17.8 Å². The van der Waals surface area contributed by atoms with Crippen LogP contribution in [0.3, 0.4) is 0 Å². The summed E-state index contributed by atoms with van der Waals surface area (Å²) >= 11 is 0. The summed E-state index contributed by atoms with van der Waals surface area (Å²) in [5.74, 6) is 2.26. The maximum atomic E-state index is 10.3. The maximum absolute atomic E-state index is 10.3. The van der Waals surface area contributed by atoms with Gasteiger partial charge in [-0.2, -0.15) is 0 Å². The molecule has 0 aromatic rings. The van der Waals surface area contributed by atoms with Gasteiger partial charge in [0.2, 0.25) is 0 Å². The van der Waals surface area contributed by atoms with Crippen molar-refractivity contribution in [3.63, 3.8) is 0 Å². The standard InChI is InChI=1S/C10H18O/c1-8-4-3-5-10(6-7-11)9(8)2/h7-10H,3-6H2,1-2H3. The van der Waals surface area contributed by atoms with Gasteiger partial charge in [-0.1, -0.05) is 26.7 Å². The molecule has 0 aromatic carbocycles. The Morgan fingerprint density at radius 3 is 2.73 bits per heavy atom. The predicted octanol–water partition coefficient (Wildman–Crippen LogP) is 2.65. The van der Waals surface area contributed by atoms with E-state index in [2.05, 4.69) is 13.8 Å². The second kappa shape index (κ2) is 3.89. The number of rotatable bonds is 2. The first-order valence-corrected chi connectivity index (χ1v) is 4.69. The van der Waals surface area contributed by atoms with Gasteiger partial charge in [-0.3, -0.25) is 0 Å². The van der Waals surface area contributed by atoms with E-state index in [1.807, 2.05) is 0 Å². The van der Waals surface area contributed by atoms with Gasteiger partial charge in [0.1, 0.15) is 6.29 Å². The molecule has 1 nitrogen and oxygen atoms in total. The van der Waals surface area contributed by atoms with E-state index in [0.29, 0.717) is 5.92 Å². The van der Waals surface area contributed by atoms with E-state index in [1.54, 1.807) is 0 Å². The topological polar surface area (TPSA) is 17.1 Å². The smallest absolute Gasteiger partial charge is 0.120 e. The zero-order chi connectivity index (χ0) is 8.27. The maximum Gasteiger partial charge on any atom is 0.120 e. The monoisotopic (exact) mass is 154 g/mol. The Kier molecular flexibility index (Phi) is 3.10. The number of hydrogen-bond donors (Lipinski definition) is 0. The number of hydrogen-bond acceptors (Lipinski definition) is 1. The molecule has 0 saturated heterocycles. The molecule has 0 amide bonds. The molecule has 0 aromatic heterocycles. The van der Waals surface area contributed by atoms with E-state index in [-0.39, 0.29) is 0 Å². The lowest BCUT2D eigenvalue weighted by Gasteiger charge is -2.32. The van der Waals surface area contributed by atoms with Crippen LogP contribution in [0.15, 0.2) is 0 Å². The summed E-state index contributed by atoms with van der Waals surface area (Å²) in [4.78, 5) is 10.3. The Morgan fingerprint density at radius 2 is 2.09 bits per heavy atom. The SMILES string of the molecule is CC1CCCC(CC=O)C1C. The first kappa shape index (κ1) is 8.76. The lowest BCUT2D eigenvalue weighted by atomic mass is 9.73. The van der Waals surface area contributed by atoms with Gasteiger partial charge in [0.25, 0.3) is 0 Å². The summed E-state index contributed by atoms with van der Waals surface area (Å²) in [6, 6.07) is 0. The van der Waals surface area contributed by atoms with Crippen LogP contribution in [0.1, 0.15) is 39.5 Å². The summed E-state index contributed by atoms with van der Waals surface area (Å²) in [5.41, 5.74) is 0. The van der Waals surface area contributed by atoms with Crippen molar-refractivity contribution in [1.29, 1.82) is 0 Å². The molecule has 1 rings (SSSR count). The highest BCUT2D eigenvalue weighted by molar-refractivity contribution is 5.49. The molecule has 0 N–H and O–H groups in total. The molecule has 3 unspecified atom stereocenters. The second-order valence-electron chi connectivity index (χ2n) is 3.93. The van der Waals surface area contributed by atoms with Crippen molar-refractivity contribution < 1.29 is 4.79 Å². The third-order valence-corrected chi connectivity index (χ3v) is 3.27. The fourth-order valence-corrected chi connectivity index (χ4v) is 2.15. The van der Waals surface area contributed by atoms with Gasteiger partial charge in [0.15, 0.2) is 0 Å². The van der Waals surface area contributed by atoms with Crippen molar-refractivity contribution in [3.05, 3.63) is 0 Å². The van der Waals surface area contributed by atoms with Crippen LogP contribution in [0.5, 0.6) is 0 Å². The quantitative estimate of drug-likeness (QED) is 0.559. The molecular weight excluding hydrogens is 136 g/mol. The fraction of sp³-hybridized carbons (Fsp3) is 0.900. The van der Waals surface area contributed by atoms with Crippen molar-refractivity contribution in [2.75, 3.05) is 0 Å². The Hall–Kier alpha value is -0.330. The Bertz CT molecular complexity index is 131. The molecule has 1 fully saturated rings. The number of aldehydes is 1. The van der Waals surface area contributed by atoms with E-state index < -0.39 is 0 Å². The second-order valence-corrected chi connectivity index (χ2v) is 3.93. The molecule has 0 spiro atoms. The van der Waals surface area contributed by atoms with Gasteiger partial charge < -0.3 is 4.79 Å². The number of carbonyl (C=O) groups excluding carboxylic acids is 1. The van der Waals surface area contributed by atoms with Gasteiger partial charge in [-0.15, -0.1) is 0 Å². The van der Waals surface area contributed by atoms with E-state index >= 15 is 0 Å². The molecule has 0 heterocycles. The third kappa shape index (κ3) is 2.05. The summed E-state index contributed by atoms with van der Waals surface area (Å²) in [6.45, 7) is 4.60. The van der Waals surface area contributed by atoms with E-state index in [9.17, 15) is 4.79 Å². The predicted molar refractivity (Wildman–Crippen MR) is 46.4 cm³/mol. The van der Waals surface area contributed by atoms with Crippen molar-refractivity contribution in [1.82, 2.24) is 0 Å². The van der Waals surface area contributed by atoms with Crippen LogP contribution in [-0.2, 0) is 4.79 Å². The normalized spacial score (nSPS) is 38.5. The van der Waals surface area contributed by atoms with Crippen LogP contribution in [-0.4, -0.2) is 6.29 Å². The molecule has 0 aliphatic heterocycles. The lowest BCUT2D eigenvalue weighted by Crippen LogP contribution is -2.24. The molecule has 1 heteroatoms. The molecule has 3 atom stereocenters. The average molecular weight is 154 g/mol. The summed E-state index contributed by atoms with van der Waals surface area (Å²) in [6.07, 6.45) is 5.81. The fourth-order valence-electron chi connectivity index (χ4n) is 2.15. The van der Waals surface area contributed by atoms with Crippen LogP contribution in [0.4, 0.5) is 0 Å². The summed E-state index contributed by atoms with van der Waals surface area (Å²) < 4.78 is 0. The highest BCUT2D eigenvalue weighted by atomic mass is 16.1. The largest absolute Gasteiger partial charge is 0.303 e. The highest BCUT2D eigenvalue weighted by Gasteiger charge is 2.26. The van der Waals surface area contributed by atoms with Crippen molar-refractivity contribution in [2.45, 2.75) is 39.5 Å². The van der Waals surface area contributed by atoms with Crippen LogP contribution in [0, 0.1) is 17.8 Å². The summed E-state index contributed by atoms with van der Waals surface area (Å²) in [7, 11) is 0. The first-order chi connectivity index (χ1) is 5.25. The third-order valence-electron chi connectivity index (χ3n) is 3.27.